The lowest BCUT2D eigenvalue weighted by Crippen LogP contribution is -2.37. The minimum Gasteiger partial charge on any atom is -0.469 e. The van der Waals surface area contributed by atoms with Crippen molar-refractivity contribution in [2.45, 2.75) is 25.8 Å². The number of aryl methyl sites for hydroxylation is 1. The highest BCUT2D eigenvalue weighted by Gasteiger charge is 2.27. The molecule has 0 saturated heterocycles. The minimum absolute atomic E-state index is 0.185. The Morgan fingerprint density at radius 2 is 2.32 bits per heavy atom. The molecule has 3 heterocycles. The van der Waals surface area contributed by atoms with Crippen LogP contribution in [0.15, 0.2) is 22.8 Å². The number of furan rings is 1. The summed E-state index contributed by atoms with van der Waals surface area (Å²) in [5.74, 6) is 0.218. The number of fused-ring (bicyclic) bond motifs is 1. The van der Waals surface area contributed by atoms with E-state index in [1.807, 2.05) is 6.07 Å². The van der Waals surface area contributed by atoms with Crippen LogP contribution in [0.25, 0.3) is 0 Å². The maximum absolute atomic E-state index is 12.2. The summed E-state index contributed by atoms with van der Waals surface area (Å²) < 4.78 is 5.20. The van der Waals surface area contributed by atoms with E-state index < -0.39 is 6.61 Å². The number of anilines is 1. The van der Waals surface area contributed by atoms with E-state index in [1.54, 1.807) is 17.2 Å². The highest BCUT2D eigenvalue weighted by molar-refractivity contribution is 7.16. The van der Waals surface area contributed by atoms with E-state index >= 15 is 0 Å². The number of hydrogen-bond acceptors (Lipinski definition) is 6. The van der Waals surface area contributed by atoms with Gasteiger partial charge in [0.25, 0.3) is 0 Å². The largest absolute Gasteiger partial charge is 0.469 e. The van der Waals surface area contributed by atoms with Crippen LogP contribution in [0, 0.1) is 11.3 Å². The lowest BCUT2D eigenvalue weighted by atomic mass is 10.0. The molecule has 2 aromatic rings. The third-order valence-corrected chi connectivity index (χ3v) is 5.22. The summed E-state index contributed by atoms with van der Waals surface area (Å²) in [7, 11) is 0. The standard InChI is InChI=1S/C17H17N3O4S/c18-8-13-12-5-6-20(16(23)10-21)9-14(12)25-17(13)19-15(22)4-3-11-2-1-7-24-11/h1-2,7,21H,3-6,9-10H2,(H,19,22). The molecule has 0 fully saturated rings. The van der Waals surface area contributed by atoms with E-state index in [-0.39, 0.29) is 18.2 Å². The molecule has 1 aliphatic heterocycles. The minimum atomic E-state index is -0.526. The first-order chi connectivity index (χ1) is 12.1. The van der Waals surface area contributed by atoms with Gasteiger partial charge in [0.1, 0.15) is 23.4 Å². The molecule has 2 N–H and O–H groups in total. The number of amides is 2. The number of nitrogens with one attached hydrogen (secondary N) is 1. The van der Waals surface area contributed by atoms with Crippen molar-refractivity contribution < 1.29 is 19.1 Å². The van der Waals surface area contributed by atoms with Gasteiger partial charge in [0.15, 0.2) is 0 Å². The Morgan fingerprint density at radius 3 is 3.00 bits per heavy atom. The zero-order chi connectivity index (χ0) is 17.8. The van der Waals surface area contributed by atoms with Gasteiger partial charge in [-0.3, -0.25) is 9.59 Å². The Bertz CT molecular complexity index is 820. The Kier molecular flexibility index (Phi) is 5.16. The molecule has 25 heavy (non-hydrogen) atoms. The smallest absolute Gasteiger partial charge is 0.248 e. The fraction of sp³-hybridized carbons (Fsp3) is 0.353. The van der Waals surface area contributed by atoms with Gasteiger partial charge < -0.3 is 19.7 Å². The molecule has 0 spiro atoms. The third kappa shape index (κ3) is 3.73. The van der Waals surface area contributed by atoms with Crippen molar-refractivity contribution >= 4 is 28.2 Å². The predicted octanol–water partition coefficient (Wildman–Crippen LogP) is 1.66. The number of aliphatic hydroxyl groups is 1. The number of carbonyl (C=O) groups excluding carboxylic acids is 2. The van der Waals surface area contributed by atoms with E-state index in [9.17, 15) is 14.9 Å². The number of aliphatic hydroxyl groups excluding tert-OH is 1. The van der Waals surface area contributed by atoms with Gasteiger partial charge in [-0.25, -0.2) is 0 Å². The summed E-state index contributed by atoms with van der Waals surface area (Å²) >= 11 is 1.32. The van der Waals surface area contributed by atoms with Crippen LogP contribution in [0.1, 0.15) is 28.2 Å². The zero-order valence-corrected chi connectivity index (χ0v) is 14.3. The van der Waals surface area contributed by atoms with Crippen LogP contribution >= 0.6 is 11.3 Å². The number of hydrogen-bond donors (Lipinski definition) is 2. The fourth-order valence-corrected chi connectivity index (χ4v) is 4.03. The molecule has 0 unspecified atom stereocenters. The predicted molar refractivity (Wildman–Crippen MR) is 90.9 cm³/mol. The van der Waals surface area contributed by atoms with Crippen molar-refractivity contribution in [3.05, 3.63) is 40.2 Å². The SMILES string of the molecule is N#Cc1c(NC(=O)CCc2ccco2)sc2c1CCN(C(=O)CO)C2. The van der Waals surface area contributed by atoms with Crippen LogP contribution in [-0.4, -0.2) is 35.0 Å². The van der Waals surface area contributed by atoms with Gasteiger partial charge in [0.2, 0.25) is 11.8 Å². The van der Waals surface area contributed by atoms with Crippen molar-refractivity contribution in [3.63, 3.8) is 0 Å². The third-order valence-electron chi connectivity index (χ3n) is 4.09. The Balaban J connectivity index is 1.70. The quantitative estimate of drug-likeness (QED) is 0.844. The van der Waals surface area contributed by atoms with Gasteiger partial charge in [-0.05, 0) is 24.1 Å². The molecule has 0 aromatic carbocycles. The van der Waals surface area contributed by atoms with Crippen LogP contribution < -0.4 is 5.32 Å². The van der Waals surface area contributed by atoms with E-state index in [4.69, 9.17) is 9.52 Å². The lowest BCUT2D eigenvalue weighted by molar-refractivity contribution is -0.135. The zero-order valence-electron chi connectivity index (χ0n) is 13.4. The van der Waals surface area contributed by atoms with E-state index in [1.165, 1.54) is 11.3 Å². The van der Waals surface area contributed by atoms with E-state index in [0.29, 0.717) is 36.5 Å². The average Bonchev–Trinajstić information content (AvgIpc) is 3.25. The summed E-state index contributed by atoms with van der Waals surface area (Å²) in [6, 6.07) is 5.74. The molecule has 0 aliphatic carbocycles. The van der Waals surface area contributed by atoms with Gasteiger partial charge in [-0.15, -0.1) is 11.3 Å². The fourth-order valence-electron chi connectivity index (χ4n) is 2.80. The van der Waals surface area contributed by atoms with Gasteiger partial charge in [-0.1, -0.05) is 0 Å². The van der Waals surface area contributed by atoms with Gasteiger partial charge in [0, 0.05) is 24.3 Å². The van der Waals surface area contributed by atoms with Gasteiger partial charge >= 0.3 is 0 Å². The number of nitrogens with zero attached hydrogens (tertiary/aromatic N) is 2. The maximum Gasteiger partial charge on any atom is 0.248 e. The number of thiophene rings is 1. The summed E-state index contributed by atoms with van der Waals surface area (Å²) in [5, 5.41) is 21.8. The highest BCUT2D eigenvalue weighted by atomic mass is 32.1. The van der Waals surface area contributed by atoms with Crippen molar-refractivity contribution in [2.75, 3.05) is 18.5 Å². The normalized spacial score (nSPS) is 13.2. The molecule has 0 atom stereocenters. The molecule has 0 saturated carbocycles. The van der Waals surface area contributed by atoms with Crippen LogP contribution in [0.2, 0.25) is 0 Å². The molecular formula is C17H17N3O4S. The number of nitriles is 1. The topological polar surface area (TPSA) is 107 Å². The second kappa shape index (κ2) is 7.51. The molecule has 1 aliphatic rings. The van der Waals surface area contributed by atoms with Crippen LogP contribution in [0.5, 0.6) is 0 Å². The van der Waals surface area contributed by atoms with Gasteiger partial charge in [-0.2, -0.15) is 5.26 Å². The van der Waals surface area contributed by atoms with Crippen LogP contribution in [-0.2, 0) is 29.0 Å². The summed E-state index contributed by atoms with van der Waals surface area (Å²) in [4.78, 5) is 26.2. The first-order valence-corrected chi connectivity index (χ1v) is 8.69. The molecule has 0 bridgehead atoms. The molecule has 0 radical (unpaired) electrons. The maximum atomic E-state index is 12.2. The van der Waals surface area contributed by atoms with Crippen LogP contribution in [0.3, 0.4) is 0 Å². The molecular weight excluding hydrogens is 342 g/mol. The molecule has 8 heteroatoms. The first kappa shape index (κ1) is 17.2. The summed E-state index contributed by atoms with van der Waals surface area (Å²) in [6.07, 6.45) is 2.86. The Hall–Kier alpha value is -2.63. The summed E-state index contributed by atoms with van der Waals surface area (Å²) in [5.41, 5.74) is 1.36. The van der Waals surface area contributed by atoms with Crippen molar-refractivity contribution in [3.8, 4) is 6.07 Å². The second-order valence-electron chi connectivity index (χ2n) is 5.67. The molecule has 2 aromatic heterocycles. The number of rotatable bonds is 5. The summed E-state index contributed by atoms with van der Waals surface area (Å²) in [6.45, 7) is 0.294. The van der Waals surface area contributed by atoms with E-state index in [2.05, 4.69) is 11.4 Å². The highest BCUT2D eigenvalue weighted by Crippen LogP contribution is 2.36. The average molecular weight is 359 g/mol. The molecule has 3 rings (SSSR count). The Morgan fingerprint density at radius 1 is 1.48 bits per heavy atom. The molecule has 7 nitrogen and oxygen atoms in total. The molecule has 2 amide bonds. The van der Waals surface area contributed by atoms with Crippen molar-refractivity contribution in [2.24, 2.45) is 0 Å². The number of carbonyl (C=O) groups is 2. The Labute approximate surface area is 148 Å². The monoisotopic (exact) mass is 359 g/mol. The second-order valence-corrected chi connectivity index (χ2v) is 6.78. The van der Waals surface area contributed by atoms with Crippen molar-refractivity contribution in [1.82, 2.24) is 4.90 Å². The van der Waals surface area contributed by atoms with Gasteiger partial charge in [0.05, 0.1) is 18.4 Å². The lowest BCUT2D eigenvalue weighted by Gasteiger charge is -2.26. The molecule has 130 valence electrons. The first-order valence-electron chi connectivity index (χ1n) is 7.88. The van der Waals surface area contributed by atoms with Crippen molar-refractivity contribution in [1.29, 1.82) is 5.26 Å². The van der Waals surface area contributed by atoms with E-state index in [0.717, 1.165) is 16.2 Å². The van der Waals surface area contributed by atoms with Crippen LogP contribution in [0.4, 0.5) is 5.00 Å².